The fraction of sp³-hybridized carbons (Fsp3) is 0. The molecule has 0 saturated heterocycles. The molecule has 13 rings (SSSR count). The smallest absolute Gasteiger partial charge is 0.146 e. The summed E-state index contributed by atoms with van der Waals surface area (Å²) in [6.45, 7) is 0. The Labute approximate surface area is 339 Å². The van der Waals surface area contributed by atoms with Crippen LogP contribution in [0.25, 0.3) is 116 Å². The largest absolute Gasteiger partial charge is 0.309 e. The van der Waals surface area contributed by atoms with Crippen molar-refractivity contribution in [3.8, 4) is 33.6 Å². The number of fused-ring (bicyclic) bond motifs is 14. The fourth-order valence-corrected chi connectivity index (χ4v) is 9.73. The number of aromatic nitrogens is 4. The maximum absolute atomic E-state index is 5.28. The van der Waals surface area contributed by atoms with Crippen molar-refractivity contribution in [1.29, 1.82) is 0 Å². The van der Waals surface area contributed by atoms with Crippen molar-refractivity contribution in [2.75, 3.05) is 0 Å². The summed E-state index contributed by atoms with van der Waals surface area (Å²) in [4.78, 5) is 5.28. The molecule has 274 valence electrons. The van der Waals surface area contributed by atoms with Gasteiger partial charge in [0.2, 0.25) is 0 Å². The lowest BCUT2D eigenvalue weighted by molar-refractivity contribution is 1.18. The zero-order valence-corrected chi connectivity index (χ0v) is 31.9. The maximum Gasteiger partial charge on any atom is 0.146 e. The van der Waals surface area contributed by atoms with Crippen LogP contribution in [0.15, 0.2) is 206 Å². The molecule has 0 saturated carbocycles. The first kappa shape index (κ1) is 32.2. The Kier molecular flexibility index (Phi) is 6.69. The Morgan fingerprint density at radius 1 is 0.271 bits per heavy atom. The summed E-state index contributed by atoms with van der Waals surface area (Å²) in [5.74, 6) is 0. The molecule has 0 atom stereocenters. The molecule has 4 heterocycles. The Morgan fingerprint density at radius 2 is 0.661 bits per heavy atom. The van der Waals surface area contributed by atoms with Gasteiger partial charge in [-0.1, -0.05) is 133 Å². The Morgan fingerprint density at radius 3 is 1.17 bits per heavy atom. The van der Waals surface area contributed by atoms with Crippen molar-refractivity contribution in [3.63, 3.8) is 0 Å². The molecule has 0 amide bonds. The topological polar surface area (TPSA) is 27.2 Å². The van der Waals surface area contributed by atoms with Crippen LogP contribution >= 0.6 is 0 Å². The average Bonchev–Trinajstić information content (AvgIpc) is 3.98. The molecule has 4 nitrogen and oxygen atoms in total. The van der Waals surface area contributed by atoms with Gasteiger partial charge in [-0.05, 0) is 100 Å². The summed E-state index contributed by atoms with van der Waals surface area (Å²) in [7, 11) is 0. The highest BCUT2D eigenvalue weighted by molar-refractivity contribution is 6.15. The summed E-state index contributed by atoms with van der Waals surface area (Å²) < 4.78 is 7.10. The molecule has 4 heteroatoms. The summed E-state index contributed by atoms with van der Waals surface area (Å²) in [6, 6.07) is 74.9. The van der Waals surface area contributed by atoms with Crippen molar-refractivity contribution in [3.05, 3.63) is 206 Å². The van der Waals surface area contributed by atoms with Crippen LogP contribution in [0.1, 0.15) is 0 Å². The van der Waals surface area contributed by atoms with E-state index in [4.69, 9.17) is 4.98 Å². The van der Waals surface area contributed by atoms with Gasteiger partial charge in [0.25, 0.3) is 0 Å². The lowest BCUT2D eigenvalue weighted by Crippen LogP contribution is -1.95. The standard InChI is InChI=1S/C55H34N4/c1-6-16-49-42(11-1)43-12-2-7-17-50(43)57(49)39-27-21-35(22-28-39)37-25-31-41-46-32-26-38(34-54(46)59-53-20-10-5-15-48(53)56-55(59)47(41)33-37)36-23-29-40(30-24-36)58-51-18-8-3-13-44(51)45-14-4-9-19-52(45)58/h1-34H. The monoisotopic (exact) mass is 750 g/mol. The van der Waals surface area contributed by atoms with Gasteiger partial charge in [0.05, 0.1) is 38.6 Å². The zero-order valence-electron chi connectivity index (χ0n) is 31.9. The van der Waals surface area contributed by atoms with E-state index in [-0.39, 0.29) is 0 Å². The van der Waals surface area contributed by atoms with E-state index in [2.05, 4.69) is 220 Å². The van der Waals surface area contributed by atoms with Gasteiger partial charge in [-0.15, -0.1) is 0 Å². The molecule has 0 radical (unpaired) electrons. The van der Waals surface area contributed by atoms with Gasteiger partial charge in [-0.25, -0.2) is 4.98 Å². The van der Waals surface area contributed by atoms with E-state index in [1.807, 2.05) is 0 Å². The highest BCUT2D eigenvalue weighted by Gasteiger charge is 2.17. The molecule has 9 aromatic carbocycles. The first-order valence-corrected chi connectivity index (χ1v) is 20.2. The van der Waals surface area contributed by atoms with Crippen LogP contribution in [0, 0.1) is 0 Å². The van der Waals surface area contributed by atoms with Crippen LogP contribution in [-0.4, -0.2) is 18.5 Å². The van der Waals surface area contributed by atoms with E-state index in [0.29, 0.717) is 0 Å². The predicted octanol–water partition coefficient (Wildman–Crippen LogP) is 14.3. The molecule has 0 fully saturated rings. The summed E-state index contributed by atoms with van der Waals surface area (Å²) >= 11 is 0. The van der Waals surface area contributed by atoms with Crippen molar-refractivity contribution in [2.24, 2.45) is 0 Å². The van der Waals surface area contributed by atoms with Crippen LogP contribution in [-0.2, 0) is 0 Å². The van der Waals surface area contributed by atoms with Crippen molar-refractivity contribution in [2.45, 2.75) is 0 Å². The number of rotatable bonds is 4. The van der Waals surface area contributed by atoms with E-state index in [1.165, 1.54) is 76.6 Å². The normalized spacial score (nSPS) is 12.1. The van der Waals surface area contributed by atoms with E-state index in [1.54, 1.807) is 0 Å². The van der Waals surface area contributed by atoms with Crippen molar-refractivity contribution >= 4 is 82.0 Å². The Bertz CT molecular complexity index is 3720. The second-order valence-electron chi connectivity index (χ2n) is 15.6. The Balaban J connectivity index is 0.933. The molecule has 0 N–H and O–H groups in total. The number of nitrogens with zero attached hydrogens (tertiary/aromatic N) is 4. The molecule has 4 aromatic heterocycles. The van der Waals surface area contributed by atoms with Gasteiger partial charge in [0.1, 0.15) is 5.65 Å². The molecule has 0 spiro atoms. The molecular formula is C55H34N4. The first-order chi connectivity index (χ1) is 29.3. The molecule has 0 unspecified atom stereocenters. The van der Waals surface area contributed by atoms with Crippen LogP contribution in [0.5, 0.6) is 0 Å². The fourth-order valence-electron chi connectivity index (χ4n) is 9.73. The zero-order chi connectivity index (χ0) is 38.6. The van der Waals surface area contributed by atoms with Gasteiger partial charge in [0.15, 0.2) is 0 Å². The molecule has 0 aliphatic heterocycles. The second-order valence-corrected chi connectivity index (χ2v) is 15.6. The number of pyridine rings is 1. The third-order valence-corrected chi connectivity index (χ3v) is 12.4. The second kappa shape index (κ2) is 12.3. The van der Waals surface area contributed by atoms with Crippen LogP contribution in [0.3, 0.4) is 0 Å². The lowest BCUT2D eigenvalue weighted by Gasteiger charge is -2.14. The number of benzene rings is 9. The van der Waals surface area contributed by atoms with Gasteiger partial charge in [-0.3, -0.25) is 4.40 Å². The number of imidazole rings is 1. The van der Waals surface area contributed by atoms with Crippen molar-refractivity contribution < 1.29 is 0 Å². The minimum absolute atomic E-state index is 0.969. The Hall–Kier alpha value is -7.95. The van der Waals surface area contributed by atoms with Crippen LogP contribution in [0.2, 0.25) is 0 Å². The molecule has 0 aliphatic carbocycles. The molecule has 0 bridgehead atoms. The van der Waals surface area contributed by atoms with E-state index in [9.17, 15) is 0 Å². The van der Waals surface area contributed by atoms with Gasteiger partial charge < -0.3 is 9.13 Å². The molecule has 0 aliphatic rings. The summed E-state index contributed by atoms with van der Waals surface area (Å²) in [5.41, 5.74) is 16.1. The third kappa shape index (κ3) is 4.69. The summed E-state index contributed by atoms with van der Waals surface area (Å²) in [6.07, 6.45) is 0. The molecule has 13 aromatic rings. The van der Waals surface area contributed by atoms with E-state index in [0.717, 1.165) is 39.0 Å². The minimum Gasteiger partial charge on any atom is -0.309 e. The number of hydrogen-bond donors (Lipinski definition) is 0. The highest BCUT2D eigenvalue weighted by Crippen LogP contribution is 2.39. The maximum atomic E-state index is 5.28. The molecule has 59 heavy (non-hydrogen) atoms. The highest BCUT2D eigenvalue weighted by atomic mass is 15.0. The number of para-hydroxylation sites is 6. The van der Waals surface area contributed by atoms with Crippen LogP contribution in [0.4, 0.5) is 0 Å². The summed E-state index contributed by atoms with van der Waals surface area (Å²) in [5, 5.41) is 8.62. The lowest BCUT2D eigenvalue weighted by atomic mass is 9.97. The van der Waals surface area contributed by atoms with Gasteiger partial charge in [-0.2, -0.15) is 0 Å². The first-order valence-electron chi connectivity index (χ1n) is 20.2. The minimum atomic E-state index is 0.969. The quantitative estimate of drug-likeness (QED) is 0.165. The van der Waals surface area contributed by atoms with Crippen molar-refractivity contribution in [1.82, 2.24) is 18.5 Å². The molecular weight excluding hydrogens is 717 g/mol. The average molecular weight is 751 g/mol. The SMILES string of the molecule is c1ccc2c(c1)nc1c3cc(-c4ccc(-n5c6ccccc6c6ccccc65)cc4)ccc3c3ccc(-c4ccc(-n5c6ccccc6c6ccccc65)cc4)cc3n21. The van der Waals surface area contributed by atoms with Crippen LogP contribution < -0.4 is 0 Å². The third-order valence-electron chi connectivity index (χ3n) is 12.4. The number of hydrogen-bond acceptors (Lipinski definition) is 1. The van der Waals surface area contributed by atoms with Gasteiger partial charge >= 0.3 is 0 Å². The van der Waals surface area contributed by atoms with Gasteiger partial charge in [0, 0.05) is 43.7 Å². The predicted molar refractivity (Wildman–Crippen MR) is 247 cm³/mol. The van der Waals surface area contributed by atoms with E-state index >= 15 is 0 Å². The van der Waals surface area contributed by atoms with E-state index < -0.39 is 0 Å².